The van der Waals surface area contributed by atoms with Crippen LogP contribution < -0.4 is 9.64 Å². The molecule has 1 aliphatic rings. The van der Waals surface area contributed by atoms with Gasteiger partial charge in [0, 0.05) is 29.2 Å². The van der Waals surface area contributed by atoms with E-state index in [2.05, 4.69) is 37.6 Å². The van der Waals surface area contributed by atoms with Gasteiger partial charge in [0.15, 0.2) is 0 Å². The fraction of sp³-hybridized carbons (Fsp3) is 0.579. The van der Waals surface area contributed by atoms with Crippen LogP contribution in [0.5, 0.6) is 5.75 Å². The first-order valence-corrected chi connectivity index (χ1v) is 8.65. The van der Waals surface area contributed by atoms with Gasteiger partial charge in [0.05, 0.1) is 20.2 Å². The average molecular weight is 317 g/mol. The summed E-state index contributed by atoms with van der Waals surface area (Å²) in [5.41, 5.74) is 3.36. The smallest absolute Gasteiger partial charge is 0.130 e. The Morgan fingerprint density at radius 1 is 1.35 bits per heavy atom. The summed E-state index contributed by atoms with van der Waals surface area (Å²) in [6.45, 7) is 7.56. The molecule has 0 radical (unpaired) electrons. The number of fused-ring (bicyclic) bond motifs is 1. The SMILES string of the molecule is COc1ccc2c(c1)c([C@@H](O)C[NH+]1CCC(C)CC1)c(C)n2C. The van der Waals surface area contributed by atoms with Gasteiger partial charge in [0.2, 0.25) is 0 Å². The number of piperidine rings is 1. The van der Waals surface area contributed by atoms with Crippen molar-refractivity contribution >= 4 is 10.9 Å². The number of aromatic nitrogens is 1. The minimum absolute atomic E-state index is 0.422. The number of likely N-dealkylation sites (tertiary alicyclic amines) is 1. The number of aryl methyl sites for hydroxylation is 1. The van der Waals surface area contributed by atoms with Crippen LogP contribution in [0.25, 0.3) is 10.9 Å². The normalized spacial score (nSPS) is 23.2. The molecule has 1 aromatic heterocycles. The van der Waals surface area contributed by atoms with E-state index in [1.54, 1.807) is 7.11 Å². The van der Waals surface area contributed by atoms with Crippen LogP contribution in [0.4, 0.5) is 0 Å². The number of nitrogens with one attached hydrogen (secondary N) is 1. The van der Waals surface area contributed by atoms with Gasteiger partial charge in [-0.25, -0.2) is 0 Å². The molecule has 4 heteroatoms. The zero-order valence-electron chi connectivity index (χ0n) is 14.7. The summed E-state index contributed by atoms with van der Waals surface area (Å²) >= 11 is 0. The number of methoxy groups -OCH3 is 1. The Morgan fingerprint density at radius 2 is 2.04 bits per heavy atom. The number of hydrogen-bond acceptors (Lipinski definition) is 2. The van der Waals surface area contributed by atoms with Crippen LogP contribution in [0.2, 0.25) is 0 Å². The van der Waals surface area contributed by atoms with Crippen LogP contribution in [0, 0.1) is 12.8 Å². The molecule has 126 valence electrons. The Bertz CT molecular complexity index is 684. The van der Waals surface area contributed by atoms with Gasteiger partial charge in [-0.05, 0) is 43.9 Å². The summed E-state index contributed by atoms with van der Waals surface area (Å²) in [4.78, 5) is 1.52. The minimum Gasteiger partial charge on any atom is -0.497 e. The van der Waals surface area contributed by atoms with Gasteiger partial charge in [-0.3, -0.25) is 0 Å². The Kier molecular flexibility index (Phi) is 4.64. The molecule has 1 aromatic carbocycles. The van der Waals surface area contributed by atoms with Crippen LogP contribution in [-0.2, 0) is 7.05 Å². The maximum absolute atomic E-state index is 10.9. The Balaban J connectivity index is 1.90. The molecule has 0 aliphatic carbocycles. The number of hydrogen-bond donors (Lipinski definition) is 2. The molecule has 0 spiro atoms. The van der Waals surface area contributed by atoms with Crippen LogP contribution in [0.1, 0.15) is 37.1 Å². The molecule has 0 saturated carbocycles. The highest BCUT2D eigenvalue weighted by molar-refractivity contribution is 5.87. The number of aliphatic hydroxyl groups is 1. The van der Waals surface area contributed by atoms with Gasteiger partial charge in [0.1, 0.15) is 18.4 Å². The highest BCUT2D eigenvalue weighted by Crippen LogP contribution is 2.32. The maximum Gasteiger partial charge on any atom is 0.130 e. The van der Waals surface area contributed by atoms with Crippen molar-refractivity contribution in [2.24, 2.45) is 13.0 Å². The zero-order valence-corrected chi connectivity index (χ0v) is 14.7. The third kappa shape index (κ3) is 3.10. The van der Waals surface area contributed by atoms with Gasteiger partial charge < -0.3 is 19.3 Å². The van der Waals surface area contributed by atoms with Gasteiger partial charge in [-0.1, -0.05) is 6.92 Å². The molecule has 1 saturated heterocycles. The van der Waals surface area contributed by atoms with Gasteiger partial charge >= 0.3 is 0 Å². The van der Waals surface area contributed by atoms with Gasteiger partial charge in [0.25, 0.3) is 0 Å². The average Bonchev–Trinajstić information content (AvgIpc) is 2.80. The number of nitrogens with zero attached hydrogens (tertiary/aromatic N) is 1. The predicted molar refractivity (Wildman–Crippen MR) is 93.1 cm³/mol. The summed E-state index contributed by atoms with van der Waals surface area (Å²) in [7, 11) is 3.75. The topological polar surface area (TPSA) is 38.8 Å². The molecule has 0 unspecified atom stereocenters. The Labute approximate surface area is 138 Å². The lowest BCUT2D eigenvalue weighted by atomic mass is 9.98. The van der Waals surface area contributed by atoms with Crippen molar-refractivity contribution in [2.45, 2.75) is 32.8 Å². The number of benzene rings is 1. The van der Waals surface area contributed by atoms with Crippen LogP contribution in [0.15, 0.2) is 18.2 Å². The Morgan fingerprint density at radius 3 is 2.70 bits per heavy atom. The highest BCUT2D eigenvalue weighted by atomic mass is 16.5. The van der Waals surface area contributed by atoms with Crippen molar-refractivity contribution in [3.8, 4) is 5.75 Å². The molecule has 2 N–H and O–H groups in total. The molecule has 1 aliphatic heterocycles. The van der Waals surface area contributed by atoms with E-state index < -0.39 is 6.10 Å². The van der Waals surface area contributed by atoms with Crippen LogP contribution >= 0.6 is 0 Å². The van der Waals surface area contributed by atoms with Gasteiger partial charge in [-0.2, -0.15) is 0 Å². The van der Waals surface area contributed by atoms with E-state index in [-0.39, 0.29) is 0 Å². The molecule has 3 rings (SSSR count). The van der Waals surface area contributed by atoms with Crippen LogP contribution in [0.3, 0.4) is 0 Å². The number of ether oxygens (including phenoxy) is 1. The Hall–Kier alpha value is -1.52. The summed E-state index contributed by atoms with van der Waals surface area (Å²) in [5.74, 6) is 1.68. The fourth-order valence-corrected chi connectivity index (χ4v) is 3.88. The lowest BCUT2D eigenvalue weighted by Crippen LogP contribution is -3.13. The molecule has 2 aromatic rings. The summed E-state index contributed by atoms with van der Waals surface area (Å²) in [6.07, 6.45) is 2.11. The van der Waals surface area contributed by atoms with Crippen molar-refractivity contribution in [1.29, 1.82) is 0 Å². The molecule has 2 heterocycles. The largest absolute Gasteiger partial charge is 0.497 e. The third-order valence-corrected chi connectivity index (χ3v) is 5.54. The molecule has 4 nitrogen and oxygen atoms in total. The molecule has 0 amide bonds. The molecule has 23 heavy (non-hydrogen) atoms. The second-order valence-corrected chi connectivity index (χ2v) is 7.09. The van der Waals surface area contributed by atoms with E-state index in [9.17, 15) is 5.11 Å². The molecular weight excluding hydrogens is 288 g/mol. The fourth-order valence-electron chi connectivity index (χ4n) is 3.88. The van der Waals surface area contributed by atoms with Gasteiger partial charge in [-0.15, -0.1) is 0 Å². The van der Waals surface area contributed by atoms with E-state index in [0.29, 0.717) is 0 Å². The molecular formula is C19H29N2O2+. The second-order valence-electron chi connectivity index (χ2n) is 7.09. The van der Waals surface area contributed by atoms with E-state index >= 15 is 0 Å². The van der Waals surface area contributed by atoms with Crippen LogP contribution in [-0.4, -0.2) is 36.4 Å². The van der Waals surface area contributed by atoms with Crippen molar-refractivity contribution in [3.05, 3.63) is 29.5 Å². The summed E-state index contributed by atoms with van der Waals surface area (Å²) in [5, 5.41) is 12.0. The van der Waals surface area contributed by atoms with E-state index in [1.807, 2.05) is 6.07 Å². The van der Waals surface area contributed by atoms with Crippen molar-refractivity contribution < 1.29 is 14.7 Å². The minimum atomic E-state index is -0.422. The number of aliphatic hydroxyl groups excluding tert-OH is 1. The monoisotopic (exact) mass is 317 g/mol. The highest BCUT2D eigenvalue weighted by Gasteiger charge is 2.26. The summed E-state index contributed by atoms with van der Waals surface area (Å²) < 4.78 is 7.54. The van der Waals surface area contributed by atoms with Crippen molar-refractivity contribution in [3.63, 3.8) is 0 Å². The summed E-state index contributed by atoms with van der Waals surface area (Å²) in [6, 6.07) is 6.11. The quantitative estimate of drug-likeness (QED) is 0.903. The number of rotatable bonds is 4. The van der Waals surface area contributed by atoms with E-state index in [1.165, 1.54) is 30.8 Å². The molecule has 1 atom stereocenters. The lowest BCUT2D eigenvalue weighted by Gasteiger charge is -2.29. The van der Waals surface area contributed by atoms with Crippen molar-refractivity contribution in [2.75, 3.05) is 26.7 Å². The lowest BCUT2D eigenvalue weighted by molar-refractivity contribution is -0.909. The second kappa shape index (κ2) is 6.54. The standard InChI is InChI=1S/C19H28N2O2/c1-13-7-9-21(10-8-13)12-18(22)19-14(2)20(3)17-6-5-15(23-4)11-16(17)19/h5-6,11,13,18,22H,7-10,12H2,1-4H3/p+1/t18-/m0/s1. The van der Waals surface area contributed by atoms with E-state index in [4.69, 9.17) is 4.74 Å². The first-order chi connectivity index (χ1) is 11.0. The first-order valence-electron chi connectivity index (χ1n) is 8.65. The molecule has 0 bridgehead atoms. The predicted octanol–water partition coefficient (Wildman–Crippen LogP) is 1.84. The number of quaternary nitrogens is 1. The maximum atomic E-state index is 10.9. The molecule has 1 fully saturated rings. The van der Waals surface area contributed by atoms with E-state index in [0.717, 1.165) is 40.4 Å². The first kappa shape index (κ1) is 16.3. The third-order valence-electron chi connectivity index (χ3n) is 5.54. The zero-order chi connectivity index (χ0) is 16.6. The van der Waals surface area contributed by atoms with Crippen molar-refractivity contribution in [1.82, 2.24) is 4.57 Å².